The van der Waals surface area contributed by atoms with E-state index in [1.54, 1.807) is 7.11 Å². The van der Waals surface area contributed by atoms with E-state index in [9.17, 15) is 4.79 Å². The minimum Gasteiger partial charge on any atom is -0.480 e. The summed E-state index contributed by atoms with van der Waals surface area (Å²) < 4.78 is 15.4. The zero-order valence-corrected chi connectivity index (χ0v) is 11.1. The van der Waals surface area contributed by atoms with Gasteiger partial charge in [0.25, 0.3) is 0 Å². The van der Waals surface area contributed by atoms with Crippen molar-refractivity contribution < 1.29 is 23.9 Å². The molecular weight excluding hydrogens is 252 g/mol. The van der Waals surface area contributed by atoms with Crippen LogP contribution in [-0.2, 0) is 27.4 Å². The number of likely N-dealkylation sites (tertiary alicyclic amines) is 1. The van der Waals surface area contributed by atoms with Gasteiger partial charge in [0, 0.05) is 32.8 Å². The number of carbonyl (C=O) groups is 1. The second kappa shape index (κ2) is 5.68. The summed E-state index contributed by atoms with van der Waals surface area (Å²) in [6.45, 7) is 4.10. The van der Waals surface area contributed by atoms with Crippen molar-refractivity contribution in [2.45, 2.75) is 25.7 Å². The molecule has 0 bridgehead atoms. The highest BCUT2D eigenvalue weighted by Gasteiger charge is 2.40. The Labute approximate surface area is 111 Å². The first-order valence-electron chi connectivity index (χ1n) is 6.02. The highest BCUT2D eigenvalue weighted by molar-refractivity contribution is 5.68. The predicted octanol–water partition coefficient (Wildman–Crippen LogP) is 0.497. The highest BCUT2D eigenvalue weighted by Crippen LogP contribution is 2.26. The molecule has 2 heterocycles. The third-order valence-electron chi connectivity index (χ3n) is 2.94. The standard InChI is InChI=1S/C12H18N2O5/c1-12(18-6-11(15)16)7-14(8-12)4-9-3-10(5-17-2)19-13-9/h3H,4-8H2,1-2H3,(H,15,16). The van der Waals surface area contributed by atoms with Crippen molar-refractivity contribution in [2.24, 2.45) is 0 Å². The average molecular weight is 270 g/mol. The lowest BCUT2D eigenvalue weighted by molar-refractivity contribution is -0.165. The summed E-state index contributed by atoms with van der Waals surface area (Å²) in [5.74, 6) is -0.247. The van der Waals surface area contributed by atoms with E-state index in [-0.39, 0.29) is 12.2 Å². The number of nitrogens with zero attached hydrogens (tertiary/aromatic N) is 2. The summed E-state index contributed by atoms with van der Waals surface area (Å²) in [6.07, 6.45) is 0. The summed E-state index contributed by atoms with van der Waals surface area (Å²) in [5.41, 5.74) is 0.463. The van der Waals surface area contributed by atoms with Crippen molar-refractivity contribution in [3.63, 3.8) is 0 Å². The molecule has 0 amide bonds. The maximum absolute atomic E-state index is 10.4. The quantitative estimate of drug-likeness (QED) is 0.772. The van der Waals surface area contributed by atoms with Gasteiger partial charge >= 0.3 is 5.97 Å². The van der Waals surface area contributed by atoms with E-state index >= 15 is 0 Å². The Bertz CT molecular complexity index is 439. The number of rotatable bonds is 7. The van der Waals surface area contributed by atoms with Crippen LogP contribution in [0.25, 0.3) is 0 Å². The van der Waals surface area contributed by atoms with Crippen molar-refractivity contribution in [1.29, 1.82) is 0 Å². The van der Waals surface area contributed by atoms with Crippen LogP contribution < -0.4 is 0 Å². The Morgan fingerprint density at radius 1 is 1.63 bits per heavy atom. The Morgan fingerprint density at radius 3 is 3.00 bits per heavy atom. The summed E-state index contributed by atoms with van der Waals surface area (Å²) in [4.78, 5) is 12.6. The Hall–Kier alpha value is -1.44. The molecule has 1 aromatic rings. The number of carboxylic acid groups (broad SMARTS) is 1. The number of ether oxygens (including phenoxy) is 2. The summed E-state index contributed by atoms with van der Waals surface area (Å²) in [5, 5.41) is 12.5. The van der Waals surface area contributed by atoms with Gasteiger partial charge in [-0.3, -0.25) is 4.90 Å². The zero-order valence-electron chi connectivity index (χ0n) is 11.1. The van der Waals surface area contributed by atoms with Crippen LogP contribution in [-0.4, -0.2) is 53.5 Å². The largest absolute Gasteiger partial charge is 0.480 e. The van der Waals surface area contributed by atoms with E-state index in [1.165, 1.54) is 0 Å². The molecule has 0 atom stereocenters. The molecule has 0 aromatic carbocycles. The van der Waals surface area contributed by atoms with Gasteiger partial charge in [0.15, 0.2) is 5.76 Å². The van der Waals surface area contributed by atoms with E-state index in [4.69, 9.17) is 19.1 Å². The maximum Gasteiger partial charge on any atom is 0.329 e. The molecule has 0 saturated carbocycles. The van der Waals surface area contributed by atoms with Gasteiger partial charge in [-0.25, -0.2) is 4.79 Å². The lowest BCUT2D eigenvalue weighted by atomic mass is 9.96. The van der Waals surface area contributed by atoms with Gasteiger partial charge in [-0.1, -0.05) is 5.16 Å². The molecular formula is C12H18N2O5. The van der Waals surface area contributed by atoms with Gasteiger partial charge in [-0.15, -0.1) is 0 Å². The minimum atomic E-state index is -0.944. The van der Waals surface area contributed by atoms with Gasteiger partial charge in [-0.05, 0) is 6.92 Å². The van der Waals surface area contributed by atoms with Crippen LogP contribution in [0.5, 0.6) is 0 Å². The fourth-order valence-corrected chi connectivity index (χ4v) is 2.21. The molecule has 7 heteroatoms. The van der Waals surface area contributed by atoms with Crippen LogP contribution in [0, 0.1) is 0 Å². The molecule has 1 saturated heterocycles. The van der Waals surface area contributed by atoms with Crippen LogP contribution in [0.2, 0.25) is 0 Å². The topological polar surface area (TPSA) is 85.0 Å². The van der Waals surface area contributed by atoms with Crippen LogP contribution in [0.3, 0.4) is 0 Å². The molecule has 2 rings (SSSR count). The zero-order chi connectivity index (χ0) is 13.9. The van der Waals surface area contributed by atoms with E-state index < -0.39 is 5.97 Å². The van der Waals surface area contributed by atoms with Crippen LogP contribution >= 0.6 is 0 Å². The van der Waals surface area contributed by atoms with E-state index in [1.807, 2.05) is 13.0 Å². The number of hydrogen-bond donors (Lipinski definition) is 1. The third-order valence-corrected chi connectivity index (χ3v) is 2.94. The maximum atomic E-state index is 10.4. The number of aliphatic carboxylic acids is 1. The molecule has 0 unspecified atom stereocenters. The number of hydrogen-bond acceptors (Lipinski definition) is 6. The fourth-order valence-electron chi connectivity index (χ4n) is 2.21. The molecule has 0 spiro atoms. The van der Waals surface area contributed by atoms with Crippen molar-refractivity contribution in [1.82, 2.24) is 10.1 Å². The Balaban J connectivity index is 1.75. The fraction of sp³-hybridized carbons (Fsp3) is 0.667. The molecule has 1 aliphatic heterocycles. The summed E-state index contributed by atoms with van der Waals surface area (Å²) in [6, 6.07) is 1.86. The molecule has 0 aliphatic carbocycles. The van der Waals surface area contributed by atoms with Crippen molar-refractivity contribution >= 4 is 5.97 Å². The molecule has 106 valence electrons. The van der Waals surface area contributed by atoms with Gasteiger partial charge < -0.3 is 19.1 Å². The Kier molecular flexibility index (Phi) is 4.18. The number of methoxy groups -OCH3 is 1. The molecule has 0 radical (unpaired) electrons. The minimum absolute atomic E-state index is 0.258. The van der Waals surface area contributed by atoms with Gasteiger partial charge in [0.05, 0.1) is 11.3 Å². The molecule has 19 heavy (non-hydrogen) atoms. The van der Waals surface area contributed by atoms with Crippen molar-refractivity contribution in [3.8, 4) is 0 Å². The van der Waals surface area contributed by atoms with E-state index in [2.05, 4.69) is 10.1 Å². The second-order valence-corrected chi connectivity index (χ2v) is 5.00. The van der Waals surface area contributed by atoms with Crippen molar-refractivity contribution in [2.75, 3.05) is 26.8 Å². The van der Waals surface area contributed by atoms with Crippen molar-refractivity contribution in [3.05, 3.63) is 17.5 Å². The van der Waals surface area contributed by atoms with Crippen LogP contribution in [0.1, 0.15) is 18.4 Å². The average Bonchev–Trinajstić information content (AvgIpc) is 2.73. The van der Waals surface area contributed by atoms with Gasteiger partial charge in [-0.2, -0.15) is 0 Å². The molecule has 1 aliphatic rings. The SMILES string of the molecule is COCc1cc(CN2CC(C)(OCC(=O)O)C2)no1. The molecule has 1 aromatic heterocycles. The lowest BCUT2D eigenvalue weighted by Gasteiger charge is -2.47. The third kappa shape index (κ3) is 3.76. The van der Waals surface area contributed by atoms with Crippen LogP contribution in [0.15, 0.2) is 10.6 Å². The normalized spacial score (nSPS) is 18.2. The van der Waals surface area contributed by atoms with Gasteiger partial charge in [0.2, 0.25) is 0 Å². The van der Waals surface area contributed by atoms with Crippen LogP contribution in [0.4, 0.5) is 0 Å². The first-order chi connectivity index (χ1) is 9.00. The summed E-state index contributed by atoms with van der Waals surface area (Å²) >= 11 is 0. The monoisotopic (exact) mass is 270 g/mol. The molecule has 1 fully saturated rings. The van der Waals surface area contributed by atoms with Gasteiger partial charge in [0.1, 0.15) is 13.2 Å². The molecule has 7 nitrogen and oxygen atoms in total. The Morgan fingerprint density at radius 2 is 2.37 bits per heavy atom. The number of carboxylic acids is 1. The predicted molar refractivity (Wildman–Crippen MR) is 64.5 cm³/mol. The smallest absolute Gasteiger partial charge is 0.329 e. The second-order valence-electron chi connectivity index (χ2n) is 5.00. The first kappa shape index (κ1) is 14.0. The summed E-state index contributed by atoms with van der Waals surface area (Å²) in [7, 11) is 1.60. The number of aromatic nitrogens is 1. The highest BCUT2D eigenvalue weighted by atomic mass is 16.5. The lowest BCUT2D eigenvalue weighted by Crippen LogP contribution is -2.61. The van der Waals surface area contributed by atoms with E-state index in [0.717, 1.165) is 5.69 Å². The molecule has 1 N–H and O–H groups in total. The first-order valence-corrected chi connectivity index (χ1v) is 6.02. The van der Waals surface area contributed by atoms with E-state index in [0.29, 0.717) is 32.0 Å².